The third kappa shape index (κ3) is 4.47. The standard InChI is InChI=1S/C22H22ClN3O3S/c23-17-9-5-4-8-16(17)20(27)24-15-10-19-21(28)25-18(22(29)26(19)11-15)13-30-12-14-6-2-1-3-7-14/h1-9,15,18-19H,10-13H2,(H,24,27)(H,25,28)/t15-,18-,19-/m0/s1. The Morgan fingerprint density at radius 3 is 2.63 bits per heavy atom. The molecule has 0 aromatic heterocycles. The molecule has 0 saturated carbocycles. The van der Waals surface area contributed by atoms with Crippen LogP contribution in [0, 0.1) is 0 Å². The molecule has 2 heterocycles. The van der Waals surface area contributed by atoms with E-state index in [1.165, 1.54) is 5.56 Å². The van der Waals surface area contributed by atoms with Crippen LogP contribution in [0.1, 0.15) is 22.3 Å². The first-order chi connectivity index (χ1) is 14.5. The minimum atomic E-state index is -0.541. The van der Waals surface area contributed by atoms with Gasteiger partial charge in [0.05, 0.1) is 10.6 Å². The first kappa shape index (κ1) is 20.8. The fourth-order valence-corrected chi connectivity index (χ4v) is 5.08. The Morgan fingerprint density at radius 1 is 1.13 bits per heavy atom. The Hall–Kier alpha value is -2.51. The lowest BCUT2D eigenvalue weighted by molar-refractivity contribution is -0.146. The predicted octanol–water partition coefficient (Wildman–Crippen LogP) is 2.47. The lowest BCUT2D eigenvalue weighted by Crippen LogP contribution is -2.61. The zero-order chi connectivity index (χ0) is 21.1. The Kier molecular flexibility index (Phi) is 6.29. The maximum atomic E-state index is 12.9. The van der Waals surface area contributed by atoms with Crippen LogP contribution in [0.5, 0.6) is 0 Å². The van der Waals surface area contributed by atoms with Crippen LogP contribution in [0.3, 0.4) is 0 Å². The topological polar surface area (TPSA) is 78.5 Å². The van der Waals surface area contributed by atoms with Gasteiger partial charge in [-0.2, -0.15) is 11.8 Å². The lowest BCUT2D eigenvalue weighted by atomic mass is 10.1. The number of nitrogens with one attached hydrogen (secondary N) is 2. The summed E-state index contributed by atoms with van der Waals surface area (Å²) in [5.41, 5.74) is 1.56. The predicted molar refractivity (Wildman–Crippen MR) is 117 cm³/mol. The molecule has 0 radical (unpaired) electrons. The van der Waals surface area contributed by atoms with Crippen molar-refractivity contribution in [2.24, 2.45) is 0 Å². The molecule has 0 spiro atoms. The van der Waals surface area contributed by atoms with Gasteiger partial charge in [0.1, 0.15) is 12.1 Å². The largest absolute Gasteiger partial charge is 0.347 e. The molecule has 30 heavy (non-hydrogen) atoms. The molecule has 3 atom stereocenters. The SMILES string of the molecule is O=C(N[C@H]1C[C@H]2C(=O)N[C@@H](CSCc3ccccc3)C(=O)N2C1)c1ccccc1Cl. The number of nitrogens with zero attached hydrogens (tertiary/aromatic N) is 1. The van der Waals surface area contributed by atoms with Gasteiger partial charge >= 0.3 is 0 Å². The number of amides is 3. The van der Waals surface area contributed by atoms with E-state index in [4.69, 9.17) is 11.6 Å². The van der Waals surface area contributed by atoms with Gasteiger partial charge in [-0.05, 0) is 24.1 Å². The van der Waals surface area contributed by atoms with E-state index in [0.717, 1.165) is 5.75 Å². The van der Waals surface area contributed by atoms with Crippen molar-refractivity contribution in [3.63, 3.8) is 0 Å². The summed E-state index contributed by atoms with van der Waals surface area (Å²) in [6.45, 7) is 0.326. The number of hydrogen-bond acceptors (Lipinski definition) is 4. The van der Waals surface area contributed by atoms with E-state index >= 15 is 0 Å². The number of hydrogen-bond donors (Lipinski definition) is 2. The minimum absolute atomic E-state index is 0.0883. The number of piperazine rings is 1. The Bertz CT molecular complexity index is 956. The average Bonchev–Trinajstić information content (AvgIpc) is 3.17. The van der Waals surface area contributed by atoms with Crippen molar-refractivity contribution in [2.75, 3.05) is 12.3 Å². The van der Waals surface area contributed by atoms with Crippen molar-refractivity contribution in [2.45, 2.75) is 30.3 Å². The molecule has 2 saturated heterocycles. The van der Waals surface area contributed by atoms with Gasteiger partial charge < -0.3 is 15.5 Å². The summed E-state index contributed by atoms with van der Waals surface area (Å²) in [4.78, 5) is 39.6. The van der Waals surface area contributed by atoms with E-state index in [-0.39, 0.29) is 23.8 Å². The second-order valence-electron chi connectivity index (χ2n) is 7.45. The van der Waals surface area contributed by atoms with E-state index in [9.17, 15) is 14.4 Å². The molecule has 6 nitrogen and oxygen atoms in total. The Labute approximate surface area is 184 Å². The Morgan fingerprint density at radius 2 is 1.87 bits per heavy atom. The summed E-state index contributed by atoms with van der Waals surface area (Å²) < 4.78 is 0. The number of thioether (sulfide) groups is 1. The van der Waals surface area contributed by atoms with Gasteiger partial charge in [0, 0.05) is 24.1 Å². The summed E-state index contributed by atoms with van der Waals surface area (Å²) in [5.74, 6) is 0.747. The number of carbonyl (C=O) groups is 3. The van der Waals surface area contributed by atoms with Crippen LogP contribution in [-0.4, -0.2) is 53.0 Å². The van der Waals surface area contributed by atoms with E-state index < -0.39 is 12.1 Å². The van der Waals surface area contributed by atoms with Gasteiger partial charge in [0.15, 0.2) is 0 Å². The zero-order valence-corrected chi connectivity index (χ0v) is 17.8. The van der Waals surface area contributed by atoms with Gasteiger partial charge in [-0.1, -0.05) is 54.1 Å². The lowest BCUT2D eigenvalue weighted by Gasteiger charge is -2.34. The smallest absolute Gasteiger partial charge is 0.253 e. The zero-order valence-electron chi connectivity index (χ0n) is 16.2. The highest BCUT2D eigenvalue weighted by atomic mass is 35.5. The number of halogens is 1. The molecule has 2 aliphatic rings. The van der Waals surface area contributed by atoms with Crippen LogP contribution in [0.4, 0.5) is 0 Å². The molecule has 8 heteroatoms. The number of fused-ring (bicyclic) bond motifs is 1. The molecule has 0 unspecified atom stereocenters. The first-order valence-electron chi connectivity index (χ1n) is 9.81. The van der Waals surface area contributed by atoms with Crippen LogP contribution >= 0.6 is 23.4 Å². The van der Waals surface area contributed by atoms with Crippen LogP contribution in [-0.2, 0) is 15.3 Å². The van der Waals surface area contributed by atoms with Crippen LogP contribution < -0.4 is 10.6 Å². The summed E-state index contributed by atoms with van der Waals surface area (Å²) in [6, 6.07) is 15.4. The molecule has 0 aliphatic carbocycles. The molecule has 2 aromatic carbocycles. The van der Waals surface area contributed by atoms with Crippen molar-refractivity contribution >= 4 is 41.1 Å². The molecule has 3 amide bonds. The molecular weight excluding hydrogens is 422 g/mol. The van der Waals surface area contributed by atoms with Crippen molar-refractivity contribution in [1.29, 1.82) is 0 Å². The van der Waals surface area contributed by atoms with E-state index in [0.29, 0.717) is 29.3 Å². The van der Waals surface area contributed by atoms with E-state index in [1.807, 2.05) is 30.3 Å². The molecule has 0 bridgehead atoms. The summed E-state index contributed by atoms with van der Waals surface area (Å²) in [6.07, 6.45) is 0.400. The molecule has 2 N–H and O–H groups in total. The highest BCUT2D eigenvalue weighted by Crippen LogP contribution is 2.25. The van der Waals surface area contributed by atoms with E-state index in [1.54, 1.807) is 40.9 Å². The minimum Gasteiger partial charge on any atom is -0.347 e. The second kappa shape index (κ2) is 9.10. The van der Waals surface area contributed by atoms with Crippen LogP contribution in [0.15, 0.2) is 54.6 Å². The molecular formula is C22H22ClN3O3S. The Balaban J connectivity index is 1.34. The molecule has 4 rings (SSSR count). The number of benzene rings is 2. The van der Waals surface area contributed by atoms with Crippen LogP contribution in [0.2, 0.25) is 5.02 Å². The van der Waals surface area contributed by atoms with Crippen molar-refractivity contribution in [3.8, 4) is 0 Å². The molecule has 2 aromatic rings. The summed E-state index contributed by atoms with van der Waals surface area (Å²) in [5, 5.41) is 6.13. The molecule has 156 valence electrons. The monoisotopic (exact) mass is 443 g/mol. The van der Waals surface area contributed by atoms with Crippen molar-refractivity contribution in [1.82, 2.24) is 15.5 Å². The first-order valence-corrected chi connectivity index (χ1v) is 11.3. The normalized spacial score (nSPS) is 23.1. The van der Waals surface area contributed by atoms with E-state index in [2.05, 4.69) is 10.6 Å². The highest BCUT2D eigenvalue weighted by molar-refractivity contribution is 7.98. The van der Waals surface area contributed by atoms with Gasteiger partial charge in [0.25, 0.3) is 5.91 Å². The van der Waals surface area contributed by atoms with Gasteiger partial charge in [-0.3, -0.25) is 14.4 Å². The maximum Gasteiger partial charge on any atom is 0.253 e. The van der Waals surface area contributed by atoms with Crippen LogP contribution in [0.25, 0.3) is 0 Å². The van der Waals surface area contributed by atoms with Crippen molar-refractivity contribution in [3.05, 3.63) is 70.7 Å². The van der Waals surface area contributed by atoms with Gasteiger partial charge in [-0.15, -0.1) is 0 Å². The average molecular weight is 444 g/mol. The van der Waals surface area contributed by atoms with Gasteiger partial charge in [-0.25, -0.2) is 0 Å². The number of rotatable bonds is 6. The quantitative estimate of drug-likeness (QED) is 0.719. The summed E-state index contributed by atoms with van der Waals surface area (Å²) in [7, 11) is 0. The molecule has 2 aliphatic heterocycles. The third-order valence-corrected chi connectivity index (χ3v) is 6.79. The summed E-state index contributed by atoms with van der Waals surface area (Å²) >= 11 is 7.71. The third-order valence-electron chi connectivity index (χ3n) is 5.35. The highest BCUT2D eigenvalue weighted by Gasteiger charge is 2.46. The number of carbonyl (C=O) groups excluding carboxylic acids is 3. The fourth-order valence-electron chi connectivity index (χ4n) is 3.85. The second-order valence-corrected chi connectivity index (χ2v) is 8.89. The van der Waals surface area contributed by atoms with Gasteiger partial charge in [0.2, 0.25) is 11.8 Å². The molecule has 2 fully saturated rings. The fraction of sp³-hybridized carbons (Fsp3) is 0.318. The van der Waals surface area contributed by atoms with Crippen molar-refractivity contribution < 1.29 is 14.4 Å². The maximum absolute atomic E-state index is 12.9.